The van der Waals surface area contributed by atoms with Gasteiger partial charge in [-0.25, -0.2) is 9.87 Å². The molecule has 4 bridgehead atoms. The third kappa shape index (κ3) is 3.44. The molecular formula is C20H27FN2O2. The van der Waals surface area contributed by atoms with E-state index in [-0.39, 0.29) is 5.56 Å². The second-order valence-corrected chi connectivity index (χ2v) is 8.59. The van der Waals surface area contributed by atoms with Crippen molar-refractivity contribution in [3.05, 3.63) is 35.1 Å². The predicted molar refractivity (Wildman–Crippen MR) is 92.6 cm³/mol. The smallest absolute Gasteiger partial charge is 0.274 e. The van der Waals surface area contributed by atoms with E-state index in [1.54, 1.807) is 6.07 Å². The minimum Gasteiger partial charge on any atom is -0.313 e. The Kier molecular flexibility index (Phi) is 4.54. The van der Waals surface area contributed by atoms with Crippen LogP contribution in [0.4, 0.5) is 4.39 Å². The van der Waals surface area contributed by atoms with Crippen molar-refractivity contribution in [3.63, 3.8) is 0 Å². The highest BCUT2D eigenvalue weighted by Crippen LogP contribution is 2.61. The molecule has 25 heavy (non-hydrogen) atoms. The van der Waals surface area contributed by atoms with Gasteiger partial charge >= 0.3 is 0 Å². The van der Waals surface area contributed by atoms with Crippen molar-refractivity contribution in [2.45, 2.75) is 51.5 Å². The van der Waals surface area contributed by atoms with Crippen LogP contribution >= 0.6 is 0 Å². The summed E-state index contributed by atoms with van der Waals surface area (Å²) in [5.74, 6) is 1.79. The molecule has 0 heterocycles. The fraction of sp³-hybridized carbons (Fsp3) is 0.650. The molecule has 0 unspecified atom stereocenters. The molecule has 0 aromatic heterocycles. The van der Waals surface area contributed by atoms with Crippen molar-refractivity contribution in [1.82, 2.24) is 10.8 Å². The van der Waals surface area contributed by atoms with Crippen LogP contribution in [0.25, 0.3) is 0 Å². The zero-order chi connectivity index (χ0) is 17.4. The fourth-order valence-electron chi connectivity index (χ4n) is 6.07. The fourth-order valence-corrected chi connectivity index (χ4v) is 6.07. The first kappa shape index (κ1) is 17.0. The number of amides is 1. The van der Waals surface area contributed by atoms with Gasteiger partial charge in [-0.1, -0.05) is 6.07 Å². The Balaban J connectivity index is 1.29. The Morgan fingerprint density at radius 3 is 2.36 bits per heavy atom. The Morgan fingerprint density at radius 1 is 1.16 bits per heavy atom. The number of carbonyl (C=O) groups excluding carboxylic acids is 1. The minimum absolute atomic E-state index is 0.123. The average Bonchev–Trinajstić information content (AvgIpc) is 2.58. The molecule has 5 rings (SSSR count). The molecule has 4 saturated carbocycles. The highest BCUT2D eigenvalue weighted by atomic mass is 19.1. The molecule has 3 N–H and O–H groups in total. The summed E-state index contributed by atoms with van der Waals surface area (Å²) in [7, 11) is 0. The number of benzene rings is 1. The van der Waals surface area contributed by atoms with E-state index in [2.05, 4.69) is 5.32 Å². The molecule has 0 atom stereocenters. The summed E-state index contributed by atoms with van der Waals surface area (Å²) < 4.78 is 14.1. The Morgan fingerprint density at radius 2 is 1.80 bits per heavy atom. The molecule has 4 aliphatic carbocycles. The van der Waals surface area contributed by atoms with E-state index in [0.717, 1.165) is 24.3 Å². The molecule has 0 aliphatic heterocycles. The van der Waals surface area contributed by atoms with Gasteiger partial charge in [-0.15, -0.1) is 0 Å². The number of hydrogen-bond acceptors (Lipinski definition) is 3. The lowest BCUT2D eigenvalue weighted by molar-refractivity contribution is -0.0567. The zero-order valence-corrected chi connectivity index (χ0v) is 14.6. The van der Waals surface area contributed by atoms with Crippen LogP contribution in [0, 0.1) is 29.0 Å². The molecule has 0 saturated heterocycles. The lowest BCUT2D eigenvalue weighted by Gasteiger charge is -2.57. The minimum atomic E-state index is -0.694. The van der Waals surface area contributed by atoms with Gasteiger partial charge in [0.1, 0.15) is 5.82 Å². The summed E-state index contributed by atoms with van der Waals surface area (Å²) in [6.45, 7) is 1.39. The van der Waals surface area contributed by atoms with Crippen molar-refractivity contribution < 1.29 is 14.4 Å². The molecule has 0 spiro atoms. The maximum atomic E-state index is 14.1. The van der Waals surface area contributed by atoms with Gasteiger partial charge in [0.2, 0.25) is 0 Å². The largest absolute Gasteiger partial charge is 0.313 e. The second-order valence-electron chi connectivity index (χ2n) is 8.59. The highest BCUT2D eigenvalue weighted by Gasteiger charge is 2.50. The van der Waals surface area contributed by atoms with Gasteiger partial charge in [-0.2, -0.15) is 0 Å². The first-order chi connectivity index (χ1) is 12.1. The van der Waals surface area contributed by atoms with Gasteiger partial charge in [-0.05, 0) is 86.8 Å². The number of nitrogens with one attached hydrogen (secondary N) is 2. The zero-order valence-electron chi connectivity index (χ0n) is 14.6. The summed E-state index contributed by atoms with van der Waals surface area (Å²) >= 11 is 0. The summed E-state index contributed by atoms with van der Waals surface area (Å²) in [5.41, 5.74) is 2.75. The first-order valence-corrected chi connectivity index (χ1v) is 9.50. The van der Waals surface area contributed by atoms with E-state index >= 15 is 0 Å². The van der Waals surface area contributed by atoms with Crippen LogP contribution in [-0.4, -0.2) is 17.7 Å². The summed E-state index contributed by atoms with van der Waals surface area (Å²) in [4.78, 5) is 11.3. The first-order valence-electron chi connectivity index (χ1n) is 9.50. The van der Waals surface area contributed by atoms with Crippen molar-refractivity contribution in [1.29, 1.82) is 0 Å². The van der Waals surface area contributed by atoms with Gasteiger partial charge in [0.05, 0.1) is 0 Å². The standard InChI is InChI=1S/C20H27FN2O2/c21-18-8-16(19(24)23-25)1-2-17(18)12-22-4-3-20-9-13-5-14(10-20)7-15(6-13)11-20/h1-2,8,13-15,22,25H,3-7,9-12H2,(H,23,24). The molecule has 4 fully saturated rings. The van der Waals surface area contributed by atoms with Crippen LogP contribution in [0.2, 0.25) is 0 Å². The summed E-state index contributed by atoms with van der Waals surface area (Å²) in [5, 5.41) is 12.0. The van der Waals surface area contributed by atoms with E-state index in [9.17, 15) is 9.18 Å². The van der Waals surface area contributed by atoms with Crippen LogP contribution < -0.4 is 10.8 Å². The van der Waals surface area contributed by atoms with Crippen LogP contribution in [0.3, 0.4) is 0 Å². The number of halogens is 1. The van der Waals surface area contributed by atoms with Crippen molar-refractivity contribution in [2.75, 3.05) is 6.54 Å². The lowest BCUT2D eigenvalue weighted by atomic mass is 9.49. The quantitative estimate of drug-likeness (QED) is 0.419. The van der Waals surface area contributed by atoms with Gasteiger partial charge < -0.3 is 5.32 Å². The lowest BCUT2D eigenvalue weighted by Crippen LogP contribution is -2.47. The third-order valence-electron chi connectivity index (χ3n) is 6.73. The van der Waals surface area contributed by atoms with E-state index in [1.807, 2.05) is 0 Å². The Hall–Kier alpha value is -1.46. The highest BCUT2D eigenvalue weighted by molar-refractivity contribution is 5.93. The molecule has 136 valence electrons. The van der Waals surface area contributed by atoms with Gasteiger partial charge in [-0.3, -0.25) is 10.0 Å². The SMILES string of the molecule is O=C(NO)c1ccc(CNCCC23CC4CC(CC(C4)C2)C3)c(F)c1. The van der Waals surface area contributed by atoms with Crippen LogP contribution in [0.1, 0.15) is 60.9 Å². The van der Waals surface area contributed by atoms with Crippen LogP contribution in [0.15, 0.2) is 18.2 Å². The molecule has 4 aliphatic rings. The van der Waals surface area contributed by atoms with Gasteiger partial charge in [0.25, 0.3) is 5.91 Å². The Labute approximate surface area is 148 Å². The van der Waals surface area contributed by atoms with E-state index in [1.165, 1.54) is 62.6 Å². The summed E-state index contributed by atoms with van der Waals surface area (Å²) in [6, 6.07) is 4.31. The van der Waals surface area contributed by atoms with E-state index in [4.69, 9.17) is 5.21 Å². The van der Waals surface area contributed by atoms with E-state index in [0.29, 0.717) is 17.5 Å². The molecular weight excluding hydrogens is 319 g/mol. The normalized spacial score (nSPS) is 32.8. The monoisotopic (exact) mass is 346 g/mol. The van der Waals surface area contributed by atoms with Crippen LogP contribution in [-0.2, 0) is 6.54 Å². The van der Waals surface area contributed by atoms with E-state index < -0.39 is 11.7 Å². The molecule has 4 nitrogen and oxygen atoms in total. The topological polar surface area (TPSA) is 61.4 Å². The maximum absolute atomic E-state index is 14.1. The van der Waals surface area contributed by atoms with Crippen LogP contribution in [0.5, 0.6) is 0 Å². The third-order valence-corrected chi connectivity index (χ3v) is 6.73. The number of hydrogen-bond donors (Lipinski definition) is 3. The molecule has 5 heteroatoms. The molecule has 1 aromatic rings. The molecule has 1 amide bonds. The van der Waals surface area contributed by atoms with Gasteiger partial charge in [0, 0.05) is 17.7 Å². The van der Waals surface area contributed by atoms with Crippen molar-refractivity contribution in [2.24, 2.45) is 23.2 Å². The van der Waals surface area contributed by atoms with Crippen molar-refractivity contribution >= 4 is 5.91 Å². The molecule has 1 aromatic carbocycles. The molecule has 0 radical (unpaired) electrons. The van der Waals surface area contributed by atoms with Crippen molar-refractivity contribution in [3.8, 4) is 0 Å². The number of carbonyl (C=O) groups is 1. The average molecular weight is 346 g/mol. The Bertz CT molecular complexity index is 626. The van der Waals surface area contributed by atoms with Gasteiger partial charge in [0.15, 0.2) is 0 Å². The maximum Gasteiger partial charge on any atom is 0.274 e. The number of rotatable bonds is 6. The second kappa shape index (κ2) is 6.69. The number of hydroxylamine groups is 1. The predicted octanol–water partition coefficient (Wildman–Crippen LogP) is 3.64. The summed E-state index contributed by atoms with van der Waals surface area (Å²) in [6.07, 6.45) is 9.80.